The smallest absolute Gasteiger partial charge is 0.211 e. The number of nitrogens with one attached hydrogen (secondary N) is 1. The van der Waals surface area contributed by atoms with E-state index in [2.05, 4.69) is 194 Å². The zero-order valence-electron chi connectivity index (χ0n) is 36.9. The van der Waals surface area contributed by atoms with E-state index < -0.39 is 0 Å². The summed E-state index contributed by atoms with van der Waals surface area (Å²) in [7, 11) is 0.834. The Labute approximate surface area is 366 Å². The van der Waals surface area contributed by atoms with E-state index in [1.165, 1.54) is 70.1 Å². The average Bonchev–Trinajstić information content (AvgIpc) is 3.97. The molecule has 0 unspecified atom stereocenters. The second-order valence-electron chi connectivity index (χ2n) is 20.7. The lowest BCUT2D eigenvalue weighted by molar-refractivity contribution is 0.587. The Morgan fingerprint density at radius 1 is 0.500 bits per heavy atom. The third-order valence-corrected chi connectivity index (χ3v) is 14.6. The van der Waals surface area contributed by atoms with Crippen LogP contribution in [0.25, 0.3) is 92.6 Å². The first-order valence-corrected chi connectivity index (χ1v) is 22.8. The fourth-order valence-corrected chi connectivity index (χ4v) is 11.2. The number of rotatable bonds is 3. The van der Waals surface area contributed by atoms with Gasteiger partial charge in [0.2, 0.25) is 7.28 Å². The van der Waals surface area contributed by atoms with Crippen LogP contribution in [0.1, 0.15) is 79.0 Å². The Morgan fingerprint density at radius 2 is 1.13 bits per heavy atom. The largest absolute Gasteiger partial charge is 0.456 e. The molecule has 304 valence electrons. The highest BCUT2D eigenvalue weighted by atomic mass is 32.1. The number of furan rings is 2. The molecule has 0 atom stereocenters. The molecule has 4 nitrogen and oxygen atoms in total. The molecule has 0 amide bonds. The quantitative estimate of drug-likeness (QED) is 0.181. The Kier molecular flexibility index (Phi) is 7.67. The van der Waals surface area contributed by atoms with Crippen LogP contribution < -0.4 is 15.6 Å². The van der Waals surface area contributed by atoms with E-state index in [4.69, 9.17) is 8.83 Å². The summed E-state index contributed by atoms with van der Waals surface area (Å²) in [6.07, 6.45) is 0. The lowest BCUT2D eigenvalue weighted by Gasteiger charge is -2.23. The number of fused-ring (bicyclic) bond motifs is 13. The number of anilines is 2. The molecule has 7 aromatic carbocycles. The van der Waals surface area contributed by atoms with Crippen LogP contribution in [-0.2, 0) is 16.2 Å². The van der Waals surface area contributed by atoms with Crippen LogP contribution in [0.2, 0.25) is 0 Å². The predicted molar refractivity (Wildman–Crippen MR) is 268 cm³/mol. The van der Waals surface area contributed by atoms with Gasteiger partial charge in [-0.2, -0.15) is 0 Å². The van der Waals surface area contributed by atoms with E-state index in [-0.39, 0.29) is 16.2 Å². The molecule has 0 aliphatic carbocycles. The molecular weight excluding hydrogens is 776 g/mol. The van der Waals surface area contributed by atoms with Crippen molar-refractivity contribution in [3.63, 3.8) is 0 Å². The molecular formula is C56H49BN2O2S. The predicted octanol–water partition coefficient (Wildman–Crippen LogP) is 14.8. The SMILES string of the molecule is CC(C)(C)c1ccc(Nc2cc3oc4cc(C(C)(C)C)ccc4c3cc2-c2ccc3c4cc5c(cc4n4c3c2Bc2sc3ccc(C(C)(C)C)cc3c2-4)oc2ccccc25)cc1. The van der Waals surface area contributed by atoms with E-state index >= 15 is 0 Å². The number of benzene rings is 7. The zero-order valence-corrected chi connectivity index (χ0v) is 37.7. The molecule has 62 heavy (non-hydrogen) atoms. The standard InChI is InChI=1S/C56H49BN2O2S/c1-54(2,3)30-14-18-33(19-15-30)58-43-28-47-40(35-20-16-32(56(7,8)9)25-46(35)61-47)26-38(43)36-21-22-37-39-27-41-34-12-10-11-13-45(34)60-48(41)29-44(39)59-51(37)50(36)57-53-52(59)42-24-31(55(4,5)6)17-23-49(42)62-53/h10-29,57-58H,1-9H3. The fourth-order valence-electron chi connectivity index (χ4n) is 10.0. The van der Waals surface area contributed by atoms with Crippen LogP contribution in [0.15, 0.2) is 130 Å². The Balaban J connectivity index is 1.16. The molecule has 12 rings (SSSR count). The van der Waals surface area contributed by atoms with Gasteiger partial charge >= 0.3 is 0 Å². The van der Waals surface area contributed by atoms with Gasteiger partial charge in [-0.1, -0.05) is 123 Å². The fraction of sp³-hybridized carbons (Fsp3) is 0.214. The Hall–Kier alpha value is -6.24. The second kappa shape index (κ2) is 12.7. The van der Waals surface area contributed by atoms with Gasteiger partial charge in [-0.3, -0.25) is 0 Å². The molecule has 11 aromatic rings. The van der Waals surface area contributed by atoms with E-state index in [0.717, 1.165) is 68.1 Å². The van der Waals surface area contributed by atoms with Gasteiger partial charge in [-0.05, 0) is 97.3 Å². The maximum Gasteiger partial charge on any atom is 0.211 e. The average molecular weight is 825 g/mol. The van der Waals surface area contributed by atoms with Crippen LogP contribution in [0, 0.1) is 0 Å². The lowest BCUT2D eigenvalue weighted by atomic mass is 9.63. The summed E-state index contributed by atoms with van der Waals surface area (Å²) in [5.74, 6) is 0. The van der Waals surface area contributed by atoms with Gasteiger partial charge in [0, 0.05) is 71.3 Å². The number of thiophene rings is 1. The summed E-state index contributed by atoms with van der Waals surface area (Å²) in [5.41, 5.74) is 17.2. The molecule has 6 heteroatoms. The van der Waals surface area contributed by atoms with Crippen molar-refractivity contribution in [3.05, 3.63) is 138 Å². The lowest BCUT2D eigenvalue weighted by Crippen LogP contribution is -2.35. The summed E-state index contributed by atoms with van der Waals surface area (Å²) in [6.45, 7) is 20.5. The first-order chi connectivity index (χ1) is 29.6. The summed E-state index contributed by atoms with van der Waals surface area (Å²) >= 11 is 1.93. The molecule has 0 saturated carbocycles. The zero-order chi connectivity index (χ0) is 42.6. The molecule has 0 bridgehead atoms. The summed E-state index contributed by atoms with van der Waals surface area (Å²) in [4.78, 5) is 0. The maximum atomic E-state index is 6.74. The number of aromatic nitrogens is 1. The molecule has 1 N–H and O–H groups in total. The second-order valence-corrected chi connectivity index (χ2v) is 21.8. The van der Waals surface area contributed by atoms with Gasteiger partial charge in [0.25, 0.3) is 0 Å². The van der Waals surface area contributed by atoms with Gasteiger partial charge < -0.3 is 18.7 Å². The van der Waals surface area contributed by atoms with E-state index in [0.29, 0.717) is 0 Å². The molecule has 5 heterocycles. The molecule has 0 fully saturated rings. The topological polar surface area (TPSA) is 43.2 Å². The minimum absolute atomic E-state index is 0.0101. The van der Waals surface area contributed by atoms with Crippen molar-refractivity contribution in [2.24, 2.45) is 0 Å². The van der Waals surface area contributed by atoms with Crippen molar-refractivity contribution >= 4 is 116 Å². The van der Waals surface area contributed by atoms with Crippen molar-refractivity contribution < 1.29 is 8.83 Å². The van der Waals surface area contributed by atoms with Crippen LogP contribution in [0.5, 0.6) is 0 Å². The van der Waals surface area contributed by atoms with Crippen LogP contribution in [0.4, 0.5) is 11.4 Å². The third kappa shape index (κ3) is 5.58. The van der Waals surface area contributed by atoms with E-state index in [1.54, 1.807) is 0 Å². The molecule has 1 aliphatic heterocycles. The minimum atomic E-state index is 0.0101. The molecule has 0 spiro atoms. The van der Waals surface area contributed by atoms with Gasteiger partial charge in [0.05, 0.1) is 16.9 Å². The highest BCUT2D eigenvalue weighted by molar-refractivity contribution is 7.29. The first-order valence-electron chi connectivity index (χ1n) is 21.9. The van der Waals surface area contributed by atoms with Gasteiger partial charge in [-0.15, -0.1) is 11.3 Å². The minimum Gasteiger partial charge on any atom is -0.456 e. The van der Waals surface area contributed by atoms with Crippen molar-refractivity contribution in [2.45, 2.75) is 78.6 Å². The monoisotopic (exact) mass is 824 g/mol. The normalized spacial score (nSPS) is 13.4. The summed E-state index contributed by atoms with van der Waals surface area (Å²) < 4.78 is 18.6. The Morgan fingerprint density at radius 3 is 1.90 bits per heavy atom. The molecule has 4 aromatic heterocycles. The summed E-state index contributed by atoms with van der Waals surface area (Å²) in [6, 6.07) is 45.2. The van der Waals surface area contributed by atoms with Crippen molar-refractivity contribution in [1.82, 2.24) is 4.57 Å². The number of hydrogen-bond donors (Lipinski definition) is 1. The van der Waals surface area contributed by atoms with Gasteiger partial charge in [0.1, 0.15) is 22.3 Å². The number of nitrogens with zero attached hydrogens (tertiary/aromatic N) is 1. The number of hydrogen-bond acceptors (Lipinski definition) is 4. The highest BCUT2D eigenvalue weighted by Crippen LogP contribution is 2.45. The van der Waals surface area contributed by atoms with Crippen molar-refractivity contribution in [3.8, 4) is 16.8 Å². The Bertz CT molecular complexity index is 3690. The third-order valence-electron chi connectivity index (χ3n) is 13.5. The summed E-state index contributed by atoms with van der Waals surface area (Å²) in [5, 5.41) is 12.3. The first kappa shape index (κ1) is 37.5. The molecule has 1 aliphatic rings. The van der Waals surface area contributed by atoms with Gasteiger partial charge in [0.15, 0.2) is 0 Å². The van der Waals surface area contributed by atoms with Crippen LogP contribution in [0.3, 0.4) is 0 Å². The number of para-hydroxylation sites is 1. The maximum absolute atomic E-state index is 6.74. The molecule has 0 saturated heterocycles. The van der Waals surface area contributed by atoms with Crippen molar-refractivity contribution in [2.75, 3.05) is 5.32 Å². The van der Waals surface area contributed by atoms with Crippen molar-refractivity contribution in [1.29, 1.82) is 0 Å². The van der Waals surface area contributed by atoms with Gasteiger partial charge in [-0.25, -0.2) is 0 Å². The molecule has 0 radical (unpaired) electrons. The van der Waals surface area contributed by atoms with Crippen LogP contribution >= 0.6 is 11.3 Å². The highest BCUT2D eigenvalue weighted by Gasteiger charge is 2.31. The van der Waals surface area contributed by atoms with E-state index in [9.17, 15) is 0 Å². The van der Waals surface area contributed by atoms with E-state index in [1.807, 2.05) is 11.3 Å². The van der Waals surface area contributed by atoms with Crippen LogP contribution in [-0.4, -0.2) is 11.8 Å².